The lowest BCUT2D eigenvalue weighted by Crippen LogP contribution is -2.02. The predicted octanol–water partition coefficient (Wildman–Crippen LogP) is 3.27. The number of aromatic nitrogens is 1. The molecule has 0 amide bonds. The van der Waals surface area contributed by atoms with Crippen molar-refractivity contribution in [3.8, 4) is 5.75 Å². The summed E-state index contributed by atoms with van der Waals surface area (Å²) in [4.78, 5) is 3.00. The number of nitrogens with one attached hydrogen (secondary N) is 1. The van der Waals surface area contributed by atoms with Crippen molar-refractivity contribution in [1.82, 2.24) is 4.98 Å². The molecule has 21 heavy (non-hydrogen) atoms. The number of sulfone groups is 1. The van der Waals surface area contributed by atoms with Gasteiger partial charge in [-0.15, -0.1) is 0 Å². The second kappa shape index (κ2) is 4.93. The van der Waals surface area contributed by atoms with E-state index in [2.05, 4.69) is 4.98 Å². The first-order chi connectivity index (χ1) is 10.1. The Morgan fingerprint density at radius 3 is 2.43 bits per heavy atom. The number of aryl methyl sites for hydroxylation is 1. The van der Waals surface area contributed by atoms with Gasteiger partial charge in [-0.05, 0) is 30.2 Å². The summed E-state index contributed by atoms with van der Waals surface area (Å²) < 4.78 is 25.3. The summed E-state index contributed by atoms with van der Waals surface area (Å²) in [7, 11) is -3.76. The van der Waals surface area contributed by atoms with E-state index < -0.39 is 9.84 Å². The number of aromatic hydroxyl groups is 1. The molecule has 0 radical (unpaired) electrons. The number of rotatable bonds is 3. The van der Waals surface area contributed by atoms with Gasteiger partial charge in [0.1, 0.15) is 0 Å². The fourth-order valence-corrected chi connectivity index (χ4v) is 3.84. The Labute approximate surface area is 123 Å². The van der Waals surface area contributed by atoms with E-state index in [4.69, 9.17) is 0 Å². The van der Waals surface area contributed by atoms with Crippen LogP contribution in [0.25, 0.3) is 10.9 Å². The molecule has 0 aliphatic rings. The summed E-state index contributed by atoms with van der Waals surface area (Å²) in [5.74, 6) is -0.202. The van der Waals surface area contributed by atoms with Crippen LogP contribution in [0.5, 0.6) is 5.75 Å². The lowest BCUT2D eigenvalue weighted by Gasteiger charge is -2.03. The van der Waals surface area contributed by atoms with Crippen LogP contribution in [0, 0.1) is 0 Å². The molecule has 0 saturated heterocycles. The van der Waals surface area contributed by atoms with Gasteiger partial charge in [-0.1, -0.05) is 37.3 Å². The van der Waals surface area contributed by atoms with E-state index >= 15 is 0 Å². The van der Waals surface area contributed by atoms with Crippen molar-refractivity contribution in [3.63, 3.8) is 0 Å². The minimum Gasteiger partial charge on any atom is -0.504 e. The molecule has 1 heterocycles. The highest BCUT2D eigenvalue weighted by atomic mass is 32.2. The number of aromatic amines is 1. The van der Waals surface area contributed by atoms with Gasteiger partial charge in [-0.2, -0.15) is 0 Å². The van der Waals surface area contributed by atoms with Gasteiger partial charge < -0.3 is 10.1 Å². The lowest BCUT2D eigenvalue weighted by atomic mass is 10.1. The van der Waals surface area contributed by atoms with Crippen LogP contribution in [0.15, 0.2) is 58.5 Å². The Bertz CT molecular complexity index is 896. The monoisotopic (exact) mass is 301 g/mol. The third-order valence-electron chi connectivity index (χ3n) is 3.55. The first kappa shape index (κ1) is 13.7. The average molecular weight is 301 g/mol. The zero-order valence-electron chi connectivity index (χ0n) is 11.5. The molecule has 3 aromatic rings. The van der Waals surface area contributed by atoms with E-state index in [1.807, 2.05) is 19.1 Å². The Balaban J connectivity index is 2.29. The normalized spacial score (nSPS) is 11.9. The van der Waals surface area contributed by atoms with Crippen LogP contribution in [-0.2, 0) is 16.3 Å². The largest absolute Gasteiger partial charge is 0.504 e. The molecule has 1 aromatic heterocycles. The summed E-state index contributed by atoms with van der Waals surface area (Å²) in [6.07, 6.45) is 0.716. The number of hydrogen-bond acceptors (Lipinski definition) is 3. The minimum absolute atomic E-state index is 0.149. The van der Waals surface area contributed by atoms with Crippen molar-refractivity contribution in [2.24, 2.45) is 0 Å². The molecule has 0 atom stereocenters. The van der Waals surface area contributed by atoms with Crippen molar-refractivity contribution >= 4 is 20.7 Å². The third-order valence-corrected chi connectivity index (χ3v) is 5.28. The second-order valence-corrected chi connectivity index (χ2v) is 6.70. The fourth-order valence-electron chi connectivity index (χ4n) is 2.49. The smallest absolute Gasteiger partial charge is 0.225 e. The van der Waals surface area contributed by atoms with Crippen molar-refractivity contribution < 1.29 is 13.5 Å². The zero-order valence-corrected chi connectivity index (χ0v) is 12.3. The Hall–Kier alpha value is -2.27. The van der Waals surface area contributed by atoms with Gasteiger partial charge in [0.05, 0.1) is 10.4 Å². The summed E-state index contributed by atoms with van der Waals surface area (Å²) in [6, 6.07) is 13.6. The Morgan fingerprint density at radius 2 is 1.76 bits per heavy atom. The molecule has 0 aliphatic carbocycles. The highest BCUT2D eigenvalue weighted by Gasteiger charge is 2.26. The van der Waals surface area contributed by atoms with Gasteiger partial charge in [0.15, 0.2) is 10.8 Å². The highest BCUT2D eigenvalue weighted by Crippen LogP contribution is 2.37. The van der Waals surface area contributed by atoms with Gasteiger partial charge in [-0.25, -0.2) is 8.42 Å². The van der Waals surface area contributed by atoms with Crippen molar-refractivity contribution in [2.75, 3.05) is 0 Å². The Morgan fingerprint density at radius 1 is 1.05 bits per heavy atom. The molecule has 0 saturated carbocycles. The second-order valence-electron chi connectivity index (χ2n) is 4.81. The van der Waals surface area contributed by atoms with Gasteiger partial charge in [0.2, 0.25) is 9.84 Å². The highest BCUT2D eigenvalue weighted by molar-refractivity contribution is 7.91. The standard InChI is InChI=1S/C16H15NO3S/c1-2-11-7-6-10-13-14(11)15(18)16(17-13)21(19,20)12-8-4-3-5-9-12/h3-10,17-18H,2H2,1H3. The molecular formula is C16H15NO3S. The molecule has 0 spiro atoms. The predicted molar refractivity (Wildman–Crippen MR) is 81.2 cm³/mol. The van der Waals surface area contributed by atoms with Crippen LogP contribution in [-0.4, -0.2) is 18.5 Å². The summed E-state index contributed by atoms with van der Waals surface area (Å²) in [5.41, 5.74) is 1.54. The first-order valence-corrected chi connectivity index (χ1v) is 8.16. The van der Waals surface area contributed by atoms with Crippen LogP contribution < -0.4 is 0 Å². The van der Waals surface area contributed by atoms with Gasteiger partial charge in [0, 0.05) is 5.39 Å². The van der Waals surface area contributed by atoms with Gasteiger partial charge in [0.25, 0.3) is 0 Å². The molecule has 0 unspecified atom stereocenters. The molecule has 0 bridgehead atoms. The van der Waals surface area contributed by atoms with Gasteiger partial charge >= 0.3 is 0 Å². The summed E-state index contributed by atoms with van der Waals surface area (Å²) >= 11 is 0. The summed E-state index contributed by atoms with van der Waals surface area (Å²) in [6.45, 7) is 1.96. The number of benzene rings is 2. The summed E-state index contributed by atoms with van der Waals surface area (Å²) in [5, 5.41) is 10.8. The molecule has 0 aliphatic heterocycles. The maximum atomic E-state index is 12.6. The molecule has 5 heteroatoms. The van der Waals surface area contributed by atoms with E-state index in [1.54, 1.807) is 24.3 Å². The molecule has 2 aromatic carbocycles. The minimum atomic E-state index is -3.76. The average Bonchev–Trinajstić information content (AvgIpc) is 2.86. The first-order valence-electron chi connectivity index (χ1n) is 6.68. The van der Waals surface area contributed by atoms with Gasteiger partial charge in [-0.3, -0.25) is 0 Å². The Kier molecular flexibility index (Phi) is 3.22. The van der Waals surface area contributed by atoms with E-state index in [1.165, 1.54) is 12.1 Å². The molecule has 4 nitrogen and oxygen atoms in total. The van der Waals surface area contributed by atoms with Crippen LogP contribution in [0.4, 0.5) is 0 Å². The van der Waals surface area contributed by atoms with Crippen LogP contribution in [0.3, 0.4) is 0 Å². The maximum absolute atomic E-state index is 12.6. The number of H-pyrrole nitrogens is 1. The van der Waals surface area contributed by atoms with E-state index in [9.17, 15) is 13.5 Å². The van der Waals surface area contributed by atoms with Crippen LogP contribution in [0.1, 0.15) is 12.5 Å². The molecular weight excluding hydrogens is 286 g/mol. The molecule has 108 valence electrons. The fraction of sp³-hybridized carbons (Fsp3) is 0.125. The maximum Gasteiger partial charge on any atom is 0.225 e. The quantitative estimate of drug-likeness (QED) is 0.780. The topological polar surface area (TPSA) is 70.2 Å². The van der Waals surface area contributed by atoms with Crippen LogP contribution in [0.2, 0.25) is 0 Å². The van der Waals surface area contributed by atoms with E-state index in [0.29, 0.717) is 17.3 Å². The zero-order chi connectivity index (χ0) is 15.0. The van der Waals surface area contributed by atoms with Crippen molar-refractivity contribution in [2.45, 2.75) is 23.3 Å². The van der Waals surface area contributed by atoms with E-state index in [0.717, 1.165) is 5.56 Å². The van der Waals surface area contributed by atoms with E-state index in [-0.39, 0.29) is 15.7 Å². The number of fused-ring (bicyclic) bond motifs is 1. The SMILES string of the molecule is CCc1cccc2[nH]c(S(=O)(=O)c3ccccc3)c(O)c12. The third kappa shape index (κ3) is 2.10. The lowest BCUT2D eigenvalue weighted by molar-refractivity contribution is 0.463. The molecule has 2 N–H and O–H groups in total. The van der Waals surface area contributed by atoms with Crippen molar-refractivity contribution in [1.29, 1.82) is 0 Å². The molecule has 3 rings (SSSR count). The van der Waals surface area contributed by atoms with Crippen molar-refractivity contribution in [3.05, 3.63) is 54.1 Å². The molecule has 0 fully saturated rings. The number of hydrogen-bond donors (Lipinski definition) is 2. The van der Waals surface area contributed by atoms with Crippen LogP contribution >= 0.6 is 0 Å².